The van der Waals surface area contributed by atoms with E-state index in [0.29, 0.717) is 30.9 Å². The molecule has 0 saturated heterocycles. The van der Waals surface area contributed by atoms with Crippen LogP contribution in [0.5, 0.6) is 5.75 Å². The van der Waals surface area contributed by atoms with Crippen LogP contribution in [0.1, 0.15) is 32.6 Å². The summed E-state index contributed by atoms with van der Waals surface area (Å²) in [5.41, 5.74) is 0.423. The number of aliphatic hydroxyl groups excluding tert-OH is 1. The summed E-state index contributed by atoms with van der Waals surface area (Å²) in [4.78, 5) is 0. The fourth-order valence-electron chi connectivity index (χ4n) is 2.50. The van der Waals surface area contributed by atoms with Gasteiger partial charge < -0.3 is 9.84 Å². The van der Waals surface area contributed by atoms with E-state index in [4.69, 9.17) is 4.74 Å². The molecule has 1 fully saturated rings. The SMILES string of the molecule is CCOc1ccccc1NS(=O)(=O)C1CCCCC1O. The lowest BCUT2D eigenvalue weighted by molar-refractivity contribution is 0.133. The molecule has 5 nitrogen and oxygen atoms in total. The predicted octanol–water partition coefficient (Wildman–Crippen LogP) is 2.13. The predicted molar refractivity (Wildman–Crippen MR) is 78.4 cm³/mol. The van der Waals surface area contributed by atoms with E-state index in [0.717, 1.165) is 12.8 Å². The number of benzene rings is 1. The van der Waals surface area contributed by atoms with Crippen LogP contribution in [0.4, 0.5) is 5.69 Å². The van der Waals surface area contributed by atoms with Crippen LogP contribution in [0, 0.1) is 0 Å². The van der Waals surface area contributed by atoms with Crippen LogP contribution in [-0.4, -0.2) is 31.5 Å². The highest BCUT2D eigenvalue weighted by Gasteiger charge is 2.34. The summed E-state index contributed by atoms with van der Waals surface area (Å²) in [5.74, 6) is 0.504. The molecule has 20 heavy (non-hydrogen) atoms. The standard InChI is InChI=1S/C14H21NO4S/c1-2-19-13-9-5-3-7-11(13)15-20(17,18)14-10-6-4-8-12(14)16/h3,5,7,9,12,14-16H,2,4,6,8,10H2,1H3. The van der Waals surface area contributed by atoms with Gasteiger partial charge in [-0.3, -0.25) is 4.72 Å². The van der Waals surface area contributed by atoms with Gasteiger partial charge in [0, 0.05) is 0 Å². The fourth-order valence-corrected chi connectivity index (χ4v) is 4.15. The Kier molecular flexibility index (Phi) is 4.88. The number of sulfonamides is 1. The first kappa shape index (κ1) is 15.1. The van der Waals surface area contributed by atoms with Crippen molar-refractivity contribution in [2.24, 2.45) is 0 Å². The number of ether oxygens (including phenoxy) is 1. The molecule has 2 rings (SSSR count). The highest BCUT2D eigenvalue weighted by atomic mass is 32.2. The second kappa shape index (κ2) is 6.45. The maximum atomic E-state index is 12.4. The Bertz CT molecular complexity index is 544. The zero-order valence-corrected chi connectivity index (χ0v) is 12.4. The lowest BCUT2D eigenvalue weighted by atomic mass is 9.97. The average Bonchev–Trinajstić information content (AvgIpc) is 2.41. The number of para-hydroxylation sites is 2. The number of rotatable bonds is 5. The molecule has 1 aromatic carbocycles. The van der Waals surface area contributed by atoms with Gasteiger partial charge in [-0.1, -0.05) is 25.0 Å². The lowest BCUT2D eigenvalue weighted by Gasteiger charge is -2.27. The Balaban J connectivity index is 2.19. The molecule has 1 aliphatic carbocycles. The number of hydrogen-bond donors (Lipinski definition) is 2. The van der Waals surface area contributed by atoms with Gasteiger partial charge in [0.05, 0.1) is 18.4 Å². The molecule has 112 valence electrons. The molecule has 0 bridgehead atoms. The van der Waals surface area contributed by atoms with Gasteiger partial charge in [-0.05, 0) is 31.9 Å². The van der Waals surface area contributed by atoms with Gasteiger partial charge in [0.2, 0.25) is 10.0 Å². The number of nitrogens with one attached hydrogen (secondary N) is 1. The molecular formula is C14H21NO4S. The van der Waals surface area contributed by atoms with Crippen LogP contribution in [0.3, 0.4) is 0 Å². The van der Waals surface area contributed by atoms with Crippen molar-refractivity contribution < 1.29 is 18.3 Å². The first-order valence-electron chi connectivity index (χ1n) is 6.96. The van der Waals surface area contributed by atoms with E-state index in [2.05, 4.69) is 4.72 Å². The summed E-state index contributed by atoms with van der Waals surface area (Å²) >= 11 is 0. The normalized spacial score (nSPS) is 23.3. The minimum Gasteiger partial charge on any atom is -0.492 e. The third-order valence-corrected chi connectivity index (χ3v) is 5.36. The molecule has 2 atom stereocenters. The summed E-state index contributed by atoms with van der Waals surface area (Å²) in [6.45, 7) is 2.31. The first-order valence-corrected chi connectivity index (χ1v) is 8.50. The Morgan fingerprint density at radius 3 is 2.70 bits per heavy atom. The average molecular weight is 299 g/mol. The van der Waals surface area contributed by atoms with Gasteiger partial charge >= 0.3 is 0 Å². The van der Waals surface area contributed by atoms with Crippen LogP contribution in [-0.2, 0) is 10.0 Å². The van der Waals surface area contributed by atoms with Crippen LogP contribution in [0.25, 0.3) is 0 Å². The van der Waals surface area contributed by atoms with Crippen LogP contribution >= 0.6 is 0 Å². The van der Waals surface area contributed by atoms with Crippen molar-refractivity contribution in [2.45, 2.75) is 44.0 Å². The third kappa shape index (κ3) is 3.43. The first-order chi connectivity index (χ1) is 9.54. The van der Waals surface area contributed by atoms with Crippen molar-refractivity contribution in [3.05, 3.63) is 24.3 Å². The van der Waals surface area contributed by atoms with E-state index in [-0.39, 0.29) is 0 Å². The molecule has 2 N–H and O–H groups in total. The van der Waals surface area contributed by atoms with E-state index in [1.807, 2.05) is 6.92 Å². The lowest BCUT2D eigenvalue weighted by Crippen LogP contribution is -2.40. The molecular weight excluding hydrogens is 278 g/mol. The molecule has 0 amide bonds. The van der Waals surface area contributed by atoms with E-state index < -0.39 is 21.4 Å². The molecule has 0 radical (unpaired) electrons. The Morgan fingerprint density at radius 1 is 1.30 bits per heavy atom. The van der Waals surface area contributed by atoms with Crippen molar-refractivity contribution in [3.63, 3.8) is 0 Å². The largest absolute Gasteiger partial charge is 0.492 e. The van der Waals surface area contributed by atoms with Crippen LogP contribution in [0.15, 0.2) is 24.3 Å². The van der Waals surface area contributed by atoms with Gasteiger partial charge in [0.1, 0.15) is 11.0 Å². The fraction of sp³-hybridized carbons (Fsp3) is 0.571. The summed E-state index contributed by atoms with van der Waals surface area (Å²) in [7, 11) is -3.61. The molecule has 1 aromatic rings. The Hall–Kier alpha value is -1.27. The minimum atomic E-state index is -3.61. The number of hydrogen-bond acceptors (Lipinski definition) is 4. The molecule has 0 aromatic heterocycles. The van der Waals surface area contributed by atoms with Gasteiger partial charge in [-0.15, -0.1) is 0 Å². The zero-order chi connectivity index (χ0) is 14.6. The quantitative estimate of drug-likeness (QED) is 0.873. The Labute approximate surface area is 120 Å². The smallest absolute Gasteiger partial charge is 0.238 e. The van der Waals surface area contributed by atoms with Crippen molar-refractivity contribution in [3.8, 4) is 5.75 Å². The zero-order valence-electron chi connectivity index (χ0n) is 11.6. The maximum absolute atomic E-state index is 12.4. The van der Waals surface area contributed by atoms with E-state index in [9.17, 15) is 13.5 Å². The number of anilines is 1. The van der Waals surface area contributed by atoms with Crippen LogP contribution < -0.4 is 9.46 Å². The molecule has 0 heterocycles. The highest BCUT2D eigenvalue weighted by molar-refractivity contribution is 7.93. The molecule has 0 spiro atoms. The second-order valence-electron chi connectivity index (χ2n) is 4.97. The second-order valence-corrected chi connectivity index (χ2v) is 6.87. The third-order valence-electron chi connectivity index (χ3n) is 3.51. The Morgan fingerprint density at radius 2 is 2.00 bits per heavy atom. The van der Waals surface area contributed by atoms with Gasteiger partial charge in [0.25, 0.3) is 0 Å². The van der Waals surface area contributed by atoms with Crippen molar-refractivity contribution >= 4 is 15.7 Å². The monoisotopic (exact) mass is 299 g/mol. The highest BCUT2D eigenvalue weighted by Crippen LogP contribution is 2.29. The van der Waals surface area contributed by atoms with Crippen molar-refractivity contribution in [2.75, 3.05) is 11.3 Å². The summed E-state index contributed by atoms with van der Waals surface area (Å²) in [6.07, 6.45) is 1.95. The topological polar surface area (TPSA) is 75.6 Å². The number of aliphatic hydroxyl groups is 1. The van der Waals surface area contributed by atoms with E-state index in [1.165, 1.54) is 0 Å². The van der Waals surface area contributed by atoms with Gasteiger partial charge in [-0.25, -0.2) is 8.42 Å². The van der Waals surface area contributed by atoms with Crippen molar-refractivity contribution in [1.29, 1.82) is 0 Å². The maximum Gasteiger partial charge on any atom is 0.238 e. The van der Waals surface area contributed by atoms with Gasteiger partial charge in [-0.2, -0.15) is 0 Å². The van der Waals surface area contributed by atoms with E-state index in [1.54, 1.807) is 24.3 Å². The summed E-state index contributed by atoms with van der Waals surface area (Å²) in [6, 6.07) is 6.92. The van der Waals surface area contributed by atoms with Gasteiger partial charge in [0.15, 0.2) is 0 Å². The van der Waals surface area contributed by atoms with Crippen molar-refractivity contribution in [1.82, 2.24) is 0 Å². The van der Waals surface area contributed by atoms with E-state index >= 15 is 0 Å². The molecule has 1 saturated carbocycles. The van der Waals surface area contributed by atoms with Crippen LogP contribution in [0.2, 0.25) is 0 Å². The summed E-state index contributed by atoms with van der Waals surface area (Å²) in [5, 5.41) is 9.16. The molecule has 0 aliphatic heterocycles. The molecule has 1 aliphatic rings. The molecule has 2 unspecified atom stereocenters. The molecule has 6 heteroatoms. The summed E-state index contributed by atoms with van der Waals surface area (Å²) < 4.78 is 32.8. The minimum absolute atomic E-state index is 0.423.